The van der Waals surface area contributed by atoms with Crippen LogP contribution in [-0.2, 0) is 14.3 Å². The van der Waals surface area contributed by atoms with Crippen LogP contribution in [-0.4, -0.2) is 73.8 Å². The van der Waals surface area contributed by atoms with Crippen LogP contribution in [0.5, 0.6) is 17.4 Å². The standard InChI is InChI=1S/C32H38FN6O8P/c1-4-43-28-24-27(36-31(34)37-28)39(17-35-24)30-32(3,41)26(33)23(46-30)16-44-22-15-14-19-10-8-9-13-21(19)25(22)47-48(42)38-18(2)29(40)45-20-11-6-5-7-12-20/h8-10,13-15,17-18,20,23,26,30,41H,4-7,11-12,16H2,1-3H3,(H2,34,36,37)/t18-,23+,26+,30?,32+/m0/s1. The van der Waals surface area contributed by atoms with Crippen molar-refractivity contribution >= 4 is 42.0 Å². The molecule has 0 radical (unpaired) electrons. The molecule has 0 amide bonds. The Labute approximate surface area is 277 Å². The Hall–Kier alpha value is -4.17. The number of carbonyl (C=O) groups excluding carboxylic acids is 1. The van der Waals surface area contributed by atoms with Crippen LogP contribution in [0.4, 0.5) is 10.3 Å². The fraction of sp³-hybridized carbons (Fsp3) is 0.500. The molecule has 1 saturated heterocycles. The lowest BCUT2D eigenvalue weighted by Crippen LogP contribution is -2.42. The van der Waals surface area contributed by atoms with Crippen LogP contribution in [0.15, 0.2) is 47.5 Å². The summed E-state index contributed by atoms with van der Waals surface area (Å²) in [6, 6.07) is 9.54. The van der Waals surface area contributed by atoms with Crippen molar-refractivity contribution in [2.75, 3.05) is 18.9 Å². The predicted molar refractivity (Wildman–Crippen MR) is 172 cm³/mol. The molecule has 2 aromatic heterocycles. The Kier molecular flexibility index (Phi) is 9.93. The van der Waals surface area contributed by atoms with E-state index < -0.39 is 44.3 Å². The van der Waals surface area contributed by atoms with Crippen molar-refractivity contribution in [1.82, 2.24) is 19.5 Å². The average Bonchev–Trinajstić information content (AvgIpc) is 3.58. The molecule has 2 unspecified atom stereocenters. The van der Waals surface area contributed by atoms with Gasteiger partial charge in [0.2, 0.25) is 17.6 Å². The fourth-order valence-electron chi connectivity index (χ4n) is 6.01. The van der Waals surface area contributed by atoms with E-state index in [1.165, 1.54) is 24.7 Å². The van der Waals surface area contributed by atoms with Crippen LogP contribution in [0, 0.1) is 0 Å². The summed E-state index contributed by atoms with van der Waals surface area (Å²) in [6.45, 7) is 4.54. The van der Waals surface area contributed by atoms with E-state index in [0.717, 1.165) is 37.5 Å². The largest absolute Gasteiger partial charge is 0.575 e. The zero-order valence-corrected chi connectivity index (χ0v) is 27.7. The number of hydrogen-bond donors (Lipinski definition) is 2. The van der Waals surface area contributed by atoms with Gasteiger partial charge >= 0.3 is 14.1 Å². The van der Waals surface area contributed by atoms with E-state index in [9.17, 15) is 14.8 Å². The second-order valence-corrected chi connectivity index (χ2v) is 12.9. The van der Waals surface area contributed by atoms with E-state index >= 15 is 4.39 Å². The van der Waals surface area contributed by atoms with Gasteiger partial charge in [0.05, 0.1) is 12.9 Å². The van der Waals surface area contributed by atoms with Crippen molar-refractivity contribution in [1.29, 1.82) is 0 Å². The molecule has 2 aliphatic rings. The van der Waals surface area contributed by atoms with Crippen LogP contribution in [0.3, 0.4) is 0 Å². The van der Waals surface area contributed by atoms with Crippen LogP contribution in [0.1, 0.15) is 59.1 Å². The van der Waals surface area contributed by atoms with Gasteiger partial charge in [0.15, 0.2) is 35.4 Å². The number of alkyl halides is 1. The minimum atomic E-state index is -2.74. The van der Waals surface area contributed by atoms with Crippen molar-refractivity contribution < 1.29 is 42.7 Å². The van der Waals surface area contributed by atoms with Gasteiger partial charge in [0.25, 0.3) is 0 Å². The van der Waals surface area contributed by atoms with Gasteiger partial charge in [-0.1, -0.05) is 41.5 Å². The topological polar surface area (TPSA) is 188 Å². The zero-order valence-electron chi connectivity index (χ0n) is 26.8. The van der Waals surface area contributed by atoms with Gasteiger partial charge in [0, 0.05) is 5.39 Å². The summed E-state index contributed by atoms with van der Waals surface area (Å²) >= 11 is 0. The van der Waals surface area contributed by atoms with Gasteiger partial charge in [-0.3, -0.25) is 9.09 Å². The molecule has 3 heterocycles. The Bertz CT molecular complexity index is 1820. The van der Waals surface area contributed by atoms with Gasteiger partial charge in [0.1, 0.15) is 24.4 Å². The Morgan fingerprint density at radius 1 is 1.23 bits per heavy atom. The minimum absolute atomic E-state index is 0.0913. The quantitative estimate of drug-likeness (QED) is 0.166. The first kappa shape index (κ1) is 33.7. The number of fused-ring (bicyclic) bond motifs is 2. The highest BCUT2D eigenvalue weighted by Gasteiger charge is 2.55. The number of rotatable bonds is 11. The maximum absolute atomic E-state index is 15.8. The predicted octanol–water partition coefficient (Wildman–Crippen LogP) is 4.52. The highest BCUT2D eigenvalue weighted by molar-refractivity contribution is 7.34. The number of hydrogen-bond acceptors (Lipinski definition) is 13. The van der Waals surface area contributed by atoms with E-state index in [0.29, 0.717) is 12.0 Å². The molecule has 6 atom stereocenters. The molecular weight excluding hydrogens is 646 g/mol. The van der Waals surface area contributed by atoms with Crippen molar-refractivity contribution in [2.45, 2.75) is 89.1 Å². The molecule has 48 heavy (non-hydrogen) atoms. The summed E-state index contributed by atoms with van der Waals surface area (Å²) in [7, 11) is -2.74. The molecule has 16 heteroatoms. The number of carbonyl (C=O) groups is 1. The number of ether oxygens (including phenoxy) is 4. The molecule has 1 aliphatic heterocycles. The number of benzene rings is 2. The van der Waals surface area contributed by atoms with E-state index in [4.69, 9.17) is 29.2 Å². The third-order valence-corrected chi connectivity index (χ3v) is 9.36. The number of anilines is 1. The first-order chi connectivity index (χ1) is 23.1. The second-order valence-electron chi connectivity index (χ2n) is 12.0. The smallest absolute Gasteiger partial charge is 0.395 e. The molecule has 1 aliphatic carbocycles. The first-order valence-corrected chi connectivity index (χ1v) is 17.1. The maximum atomic E-state index is 15.8. The summed E-state index contributed by atoms with van der Waals surface area (Å²) in [6.07, 6.45) is 1.48. The van der Waals surface area contributed by atoms with Gasteiger partial charge in [-0.05, 0) is 57.9 Å². The maximum Gasteiger partial charge on any atom is 0.395 e. The number of aliphatic hydroxyl groups is 1. The third kappa shape index (κ3) is 6.86. The van der Waals surface area contributed by atoms with E-state index in [-0.39, 0.29) is 47.2 Å². The molecule has 14 nitrogen and oxygen atoms in total. The Morgan fingerprint density at radius 2 is 2.00 bits per heavy atom. The second kappa shape index (κ2) is 14.1. The van der Waals surface area contributed by atoms with Crippen LogP contribution in [0.25, 0.3) is 21.9 Å². The molecule has 256 valence electrons. The van der Waals surface area contributed by atoms with Crippen LogP contribution >= 0.6 is 8.17 Å². The number of nitrogen functional groups attached to an aromatic ring is 1. The summed E-state index contributed by atoms with van der Waals surface area (Å²) in [5, 5.41) is 12.6. The van der Waals surface area contributed by atoms with E-state index in [1.54, 1.807) is 31.2 Å². The molecule has 4 aromatic rings. The van der Waals surface area contributed by atoms with Crippen LogP contribution in [0.2, 0.25) is 0 Å². The number of halogens is 1. The van der Waals surface area contributed by atoms with Crippen molar-refractivity contribution in [3.63, 3.8) is 0 Å². The average molecular weight is 685 g/mol. The lowest BCUT2D eigenvalue weighted by atomic mass is 9.98. The molecule has 1 saturated carbocycles. The number of esters is 1. The lowest BCUT2D eigenvalue weighted by Gasteiger charge is -2.26. The highest BCUT2D eigenvalue weighted by atomic mass is 31.1. The number of nitrogens with zero attached hydrogens (tertiary/aromatic N) is 5. The Balaban J connectivity index is 1.21. The van der Waals surface area contributed by atoms with E-state index in [1.807, 2.05) is 12.1 Å². The summed E-state index contributed by atoms with van der Waals surface area (Å²) in [5.41, 5.74) is 4.32. The highest BCUT2D eigenvalue weighted by Crippen LogP contribution is 2.44. The molecule has 0 bridgehead atoms. The Morgan fingerprint density at radius 3 is 2.77 bits per heavy atom. The lowest BCUT2D eigenvalue weighted by molar-refractivity contribution is -0.170. The SMILES string of the molecule is CCOc1nc(N)nc2c1ncn2C1O[C@H](COc2ccc3ccccc3c2O[P+]([O-])=N[C@@H](C)C(=O)OC2CCCCC2)[C@@H](F)[C@@]1(C)O. The summed E-state index contributed by atoms with van der Waals surface area (Å²) in [4.78, 5) is 38.3. The van der Waals surface area contributed by atoms with E-state index in [2.05, 4.69) is 19.7 Å². The summed E-state index contributed by atoms with van der Waals surface area (Å²) < 4.78 is 50.2. The number of nitrogens with two attached hydrogens (primary N) is 1. The molecule has 2 fully saturated rings. The van der Waals surface area contributed by atoms with Crippen LogP contribution < -0.4 is 24.6 Å². The third-order valence-electron chi connectivity index (χ3n) is 8.49. The van der Waals surface area contributed by atoms with Crippen molar-refractivity contribution in [3.8, 4) is 17.4 Å². The number of aromatic nitrogens is 4. The number of imidazole rings is 1. The van der Waals surface area contributed by atoms with Crippen molar-refractivity contribution in [2.24, 2.45) is 4.74 Å². The molecule has 0 spiro atoms. The first-order valence-electron chi connectivity index (χ1n) is 15.9. The van der Waals surface area contributed by atoms with Gasteiger partial charge in [-0.15, -0.1) is 0 Å². The zero-order chi connectivity index (χ0) is 34.0. The normalized spacial score (nSPS) is 24.1. The molecule has 2 aromatic carbocycles. The molecule has 6 rings (SSSR count). The summed E-state index contributed by atoms with van der Waals surface area (Å²) in [5.74, 6) is -0.271. The monoisotopic (exact) mass is 684 g/mol. The van der Waals surface area contributed by atoms with Gasteiger partial charge in [-0.25, -0.2) is 14.2 Å². The fourth-order valence-corrected chi connectivity index (χ4v) is 6.78. The van der Waals surface area contributed by atoms with Gasteiger partial charge in [-0.2, -0.15) is 9.97 Å². The molecule has 3 N–H and O–H groups in total. The minimum Gasteiger partial charge on any atom is -0.575 e. The van der Waals surface area contributed by atoms with Crippen molar-refractivity contribution in [3.05, 3.63) is 42.7 Å². The van der Waals surface area contributed by atoms with Gasteiger partial charge < -0.3 is 34.7 Å². The molecular formula is C32H38FN6O8P.